The van der Waals surface area contributed by atoms with Crippen molar-refractivity contribution in [1.29, 1.82) is 0 Å². The van der Waals surface area contributed by atoms with Crippen LogP contribution in [0.5, 0.6) is 5.88 Å². The van der Waals surface area contributed by atoms with Gasteiger partial charge in [-0.15, -0.1) is 0 Å². The molecule has 84 valence electrons. The summed E-state index contributed by atoms with van der Waals surface area (Å²) in [5, 5.41) is 12.2. The van der Waals surface area contributed by atoms with Crippen LogP contribution in [-0.2, 0) is 0 Å². The first-order valence-corrected chi connectivity index (χ1v) is 5.22. The summed E-state index contributed by atoms with van der Waals surface area (Å²) in [7, 11) is 1.71. The first-order chi connectivity index (χ1) is 7.19. The lowest BCUT2D eigenvalue weighted by Crippen LogP contribution is -2.03. The molecule has 1 rings (SSSR count). The molecule has 0 atom stereocenters. The molecule has 6 heteroatoms. The maximum atomic E-state index is 8.59. The van der Waals surface area contributed by atoms with E-state index >= 15 is 0 Å². The number of anilines is 1. The number of rotatable bonds is 5. The number of aromatic nitrogens is 1. The van der Waals surface area contributed by atoms with Gasteiger partial charge >= 0.3 is 0 Å². The van der Waals surface area contributed by atoms with Gasteiger partial charge in [-0.2, -0.15) is 4.98 Å². The van der Waals surface area contributed by atoms with Crippen LogP contribution in [0.1, 0.15) is 6.42 Å². The Morgan fingerprint density at radius 2 is 2.20 bits per heavy atom. The summed E-state index contributed by atoms with van der Waals surface area (Å²) in [5.74, 6) is 0.832. The van der Waals surface area contributed by atoms with Gasteiger partial charge in [0, 0.05) is 20.1 Å². The Morgan fingerprint density at radius 1 is 1.47 bits per heavy atom. The Morgan fingerprint density at radius 3 is 2.80 bits per heavy atom. The smallest absolute Gasteiger partial charge is 0.234 e. The monoisotopic (exact) mass is 250 g/mol. The molecule has 0 spiro atoms. The predicted octanol–water partition coefficient (Wildman–Crippen LogP) is 2.19. The van der Waals surface area contributed by atoms with Gasteiger partial charge in [-0.3, -0.25) is 0 Å². The van der Waals surface area contributed by atoms with Gasteiger partial charge in [0.25, 0.3) is 0 Å². The van der Waals surface area contributed by atoms with Gasteiger partial charge in [-0.25, -0.2) is 0 Å². The van der Waals surface area contributed by atoms with Crippen LogP contribution in [0.2, 0.25) is 10.0 Å². The molecular weight excluding hydrogens is 239 g/mol. The molecule has 0 saturated heterocycles. The summed E-state index contributed by atoms with van der Waals surface area (Å²) in [6.07, 6.45) is 0.537. The summed E-state index contributed by atoms with van der Waals surface area (Å²) in [6, 6.07) is 1.57. The molecule has 15 heavy (non-hydrogen) atoms. The highest BCUT2D eigenvalue weighted by molar-refractivity contribution is 6.36. The van der Waals surface area contributed by atoms with Crippen molar-refractivity contribution >= 4 is 29.0 Å². The highest BCUT2D eigenvalue weighted by atomic mass is 35.5. The van der Waals surface area contributed by atoms with Gasteiger partial charge in [-0.05, 0) is 6.07 Å². The Balaban J connectivity index is 2.78. The van der Waals surface area contributed by atoms with E-state index in [-0.39, 0.29) is 6.61 Å². The molecular formula is C9H12Cl2N2O2. The average molecular weight is 251 g/mol. The number of aliphatic hydroxyl groups excluding tert-OH is 1. The van der Waals surface area contributed by atoms with E-state index in [1.165, 1.54) is 0 Å². The molecule has 1 aromatic rings. The van der Waals surface area contributed by atoms with Gasteiger partial charge in [-0.1, -0.05) is 23.2 Å². The van der Waals surface area contributed by atoms with Crippen molar-refractivity contribution in [3.8, 4) is 5.88 Å². The Bertz CT molecular complexity index is 334. The molecule has 2 N–H and O–H groups in total. The maximum Gasteiger partial charge on any atom is 0.234 e. The van der Waals surface area contributed by atoms with E-state index in [0.717, 1.165) is 0 Å². The number of ether oxygens (including phenoxy) is 1. The van der Waals surface area contributed by atoms with Crippen LogP contribution in [0.25, 0.3) is 0 Å². The largest absolute Gasteiger partial charge is 0.476 e. The fraction of sp³-hybridized carbons (Fsp3) is 0.444. The predicted molar refractivity (Wildman–Crippen MR) is 61.0 cm³/mol. The van der Waals surface area contributed by atoms with Crippen LogP contribution in [-0.4, -0.2) is 30.4 Å². The number of hydrogen-bond donors (Lipinski definition) is 2. The van der Waals surface area contributed by atoms with Gasteiger partial charge in [0.05, 0.1) is 11.6 Å². The normalized spacial score (nSPS) is 10.1. The van der Waals surface area contributed by atoms with Gasteiger partial charge in [0.15, 0.2) is 0 Å². The first-order valence-electron chi connectivity index (χ1n) is 4.46. The second-order valence-corrected chi connectivity index (χ2v) is 3.60. The molecule has 0 unspecified atom stereocenters. The minimum atomic E-state index is 0.0735. The Labute approximate surface area is 98.2 Å². The zero-order valence-electron chi connectivity index (χ0n) is 8.26. The standard InChI is InChI=1S/C9H12Cl2N2O2/c1-12-8-6(10)5-7(11)9(13-8)15-4-2-3-14/h5,14H,2-4H2,1H3,(H,12,13). The van der Waals surface area contributed by atoms with E-state index in [0.29, 0.717) is 34.8 Å². The second kappa shape index (κ2) is 6.00. The molecule has 0 radical (unpaired) electrons. The van der Waals surface area contributed by atoms with Crippen LogP contribution in [0.4, 0.5) is 5.82 Å². The third-order valence-electron chi connectivity index (χ3n) is 1.68. The number of nitrogens with zero attached hydrogens (tertiary/aromatic N) is 1. The second-order valence-electron chi connectivity index (χ2n) is 2.78. The molecule has 0 fully saturated rings. The summed E-state index contributed by atoms with van der Waals surface area (Å²) >= 11 is 11.7. The molecule has 0 amide bonds. The topological polar surface area (TPSA) is 54.4 Å². The van der Waals surface area contributed by atoms with Crippen molar-refractivity contribution in [2.75, 3.05) is 25.6 Å². The fourth-order valence-corrected chi connectivity index (χ4v) is 1.47. The van der Waals surface area contributed by atoms with Gasteiger partial charge in [0.2, 0.25) is 5.88 Å². The molecule has 0 aliphatic rings. The molecule has 1 aromatic heterocycles. The summed E-state index contributed by atoms with van der Waals surface area (Å²) in [6.45, 7) is 0.443. The Hall–Kier alpha value is -0.710. The molecule has 0 aliphatic carbocycles. The van der Waals surface area contributed by atoms with Crippen molar-refractivity contribution in [2.24, 2.45) is 0 Å². The van der Waals surface area contributed by atoms with E-state index in [9.17, 15) is 0 Å². The molecule has 0 aromatic carbocycles. The third kappa shape index (κ3) is 3.41. The number of hydrogen-bond acceptors (Lipinski definition) is 4. The summed E-state index contributed by atoms with van der Waals surface area (Å²) in [4.78, 5) is 4.08. The van der Waals surface area contributed by atoms with Crippen molar-refractivity contribution in [1.82, 2.24) is 4.98 Å². The lowest BCUT2D eigenvalue weighted by molar-refractivity contribution is 0.229. The van der Waals surface area contributed by atoms with Crippen molar-refractivity contribution in [3.63, 3.8) is 0 Å². The SMILES string of the molecule is CNc1nc(OCCCO)c(Cl)cc1Cl. The van der Waals surface area contributed by atoms with Crippen LogP contribution in [0, 0.1) is 0 Å². The minimum Gasteiger partial charge on any atom is -0.476 e. The summed E-state index contributed by atoms with van der Waals surface area (Å²) < 4.78 is 5.27. The third-order valence-corrected chi connectivity index (χ3v) is 2.23. The molecule has 0 bridgehead atoms. The average Bonchev–Trinajstić information content (AvgIpc) is 2.21. The van der Waals surface area contributed by atoms with Crippen molar-refractivity contribution in [2.45, 2.75) is 6.42 Å². The van der Waals surface area contributed by atoms with E-state index in [4.69, 9.17) is 33.0 Å². The van der Waals surface area contributed by atoms with Crippen LogP contribution in [0.3, 0.4) is 0 Å². The van der Waals surface area contributed by atoms with Crippen molar-refractivity contribution in [3.05, 3.63) is 16.1 Å². The van der Waals surface area contributed by atoms with E-state index in [1.807, 2.05) is 0 Å². The maximum absolute atomic E-state index is 8.59. The van der Waals surface area contributed by atoms with Crippen LogP contribution >= 0.6 is 23.2 Å². The van der Waals surface area contributed by atoms with Crippen LogP contribution in [0.15, 0.2) is 6.07 Å². The van der Waals surface area contributed by atoms with Crippen molar-refractivity contribution < 1.29 is 9.84 Å². The lowest BCUT2D eigenvalue weighted by Gasteiger charge is -2.09. The van der Waals surface area contributed by atoms with Gasteiger partial charge < -0.3 is 15.2 Å². The fourth-order valence-electron chi connectivity index (χ4n) is 0.960. The highest BCUT2D eigenvalue weighted by Gasteiger charge is 2.09. The zero-order valence-corrected chi connectivity index (χ0v) is 9.77. The van der Waals surface area contributed by atoms with E-state index < -0.39 is 0 Å². The zero-order chi connectivity index (χ0) is 11.3. The molecule has 0 aliphatic heterocycles. The number of halogens is 2. The number of nitrogens with one attached hydrogen (secondary N) is 1. The van der Waals surface area contributed by atoms with E-state index in [2.05, 4.69) is 10.3 Å². The Kier molecular flexibility index (Phi) is 4.94. The summed E-state index contributed by atoms with van der Waals surface area (Å²) in [5.41, 5.74) is 0. The quantitative estimate of drug-likeness (QED) is 0.787. The van der Waals surface area contributed by atoms with Gasteiger partial charge in [0.1, 0.15) is 10.8 Å². The molecule has 1 heterocycles. The van der Waals surface area contributed by atoms with E-state index in [1.54, 1.807) is 13.1 Å². The lowest BCUT2D eigenvalue weighted by atomic mass is 10.4. The molecule has 4 nitrogen and oxygen atoms in total. The number of pyridine rings is 1. The van der Waals surface area contributed by atoms with Crippen LogP contribution < -0.4 is 10.1 Å². The first kappa shape index (κ1) is 12.4. The molecule has 0 saturated carbocycles. The number of aliphatic hydroxyl groups is 1. The minimum absolute atomic E-state index is 0.0735. The highest BCUT2D eigenvalue weighted by Crippen LogP contribution is 2.30.